The maximum absolute atomic E-state index is 12.6. The van der Waals surface area contributed by atoms with Gasteiger partial charge in [0.1, 0.15) is 0 Å². The van der Waals surface area contributed by atoms with Crippen molar-refractivity contribution in [2.24, 2.45) is 4.99 Å². The molecule has 7 nitrogen and oxygen atoms in total. The third kappa shape index (κ3) is 9.44. The number of alkyl halides is 3. The second-order valence-corrected chi connectivity index (χ2v) is 8.28. The minimum atomic E-state index is -5.25. The highest BCUT2D eigenvalue weighted by Crippen LogP contribution is 2.28. The summed E-state index contributed by atoms with van der Waals surface area (Å²) in [7, 11) is -5.24. The van der Waals surface area contributed by atoms with E-state index in [4.69, 9.17) is 4.74 Å². The normalized spacial score (nSPS) is 17.2. The third-order valence-corrected chi connectivity index (χ3v) is 5.76. The maximum Gasteiger partial charge on any atom is 0.511 e. The number of rotatable bonds is 10. The molecule has 0 aromatic heterocycles. The molecule has 0 unspecified atom stereocenters. The molecule has 0 atom stereocenters. The van der Waals surface area contributed by atoms with Crippen LogP contribution in [0.4, 0.5) is 13.2 Å². The van der Waals surface area contributed by atoms with Gasteiger partial charge >= 0.3 is 15.5 Å². The van der Waals surface area contributed by atoms with Crippen LogP contribution in [0.15, 0.2) is 4.99 Å². The number of halogens is 4. The van der Waals surface area contributed by atoms with Crippen LogP contribution < -0.4 is 10.6 Å². The van der Waals surface area contributed by atoms with E-state index in [1.54, 1.807) is 0 Å². The van der Waals surface area contributed by atoms with Crippen LogP contribution in [0.25, 0.3) is 0 Å². The standard InChI is InChI=1S/C16H31F3N4O3S.HI/c1-3-5-12-26-13-6-9-21-15(20-4-2)22-14-7-10-23(11-8-14)27(24,25)16(17,18)19;/h14H,3-13H2,1-2H3,(H2,20,21,22);1H. The van der Waals surface area contributed by atoms with Crippen molar-refractivity contribution in [3.8, 4) is 0 Å². The van der Waals surface area contributed by atoms with Crippen LogP contribution in [-0.4, -0.2) is 69.6 Å². The lowest BCUT2D eigenvalue weighted by molar-refractivity contribution is -0.0494. The second-order valence-electron chi connectivity index (χ2n) is 6.35. The number of hydrogen-bond donors (Lipinski definition) is 2. The number of sulfonamides is 1. The zero-order valence-electron chi connectivity index (χ0n) is 16.4. The Morgan fingerprint density at radius 3 is 2.32 bits per heavy atom. The van der Waals surface area contributed by atoms with E-state index in [9.17, 15) is 21.6 Å². The largest absolute Gasteiger partial charge is 0.511 e. The molecule has 1 fully saturated rings. The van der Waals surface area contributed by atoms with Crippen molar-refractivity contribution in [3.05, 3.63) is 0 Å². The van der Waals surface area contributed by atoms with E-state index >= 15 is 0 Å². The molecule has 12 heteroatoms. The highest BCUT2D eigenvalue weighted by molar-refractivity contribution is 14.0. The Morgan fingerprint density at radius 2 is 1.79 bits per heavy atom. The van der Waals surface area contributed by atoms with Crippen molar-refractivity contribution in [1.82, 2.24) is 14.9 Å². The van der Waals surface area contributed by atoms with Gasteiger partial charge in [-0.3, -0.25) is 4.99 Å². The number of nitrogens with one attached hydrogen (secondary N) is 2. The van der Waals surface area contributed by atoms with Crippen LogP contribution in [0.2, 0.25) is 0 Å². The minimum Gasteiger partial charge on any atom is -0.381 e. The zero-order valence-corrected chi connectivity index (χ0v) is 19.6. The van der Waals surface area contributed by atoms with E-state index in [0.717, 1.165) is 25.9 Å². The van der Waals surface area contributed by atoms with Gasteiger partial charge in [-0.15, -0.1) is 24.0 Å². The molecule has 1 aliphatic rings. The summed E-state index contributed by atoms with van der Waals surface area (Å²) >= 11 is 0. The number of ether oxygens (including phenoxy) is 1. The number of nitrogens with zero attached hydrogens (tertiary/aromatic N) is 2. The molecule has 0 amide bonds. The van der Waals surface area contributed by atoms with Gasteiger partial charge in [-0.2, -0.15) is 17.5 Å². The predicted molar refractivity (Wildman–Crippen MR) is 114 cm³/mol. The first kappa shape index (κ1) is 27.7. The Hall–Kier alpha value is -0.340. The SMILES string of the molecule is CCCCOCCCN=C(NCC)NC1CCN(S(=O)(=O)C(F)(F)F)CC1.I. The minimum absolute atomic E-state index is 0. The number of guanidine groups is 1. The van der Waals surface area contributed by atoms with Crippen molar-refractivity contribution in [1.29, 1.82) is 0 Å². The number of aliphatic imine (C=N–C) groups is 1. The summed E-state index contributed by atoms with van der Waals surface area (Å²) in [6.45, 7) is 6.31. The van der Waals surface area contributed by atoms with Crippen LogP contribution in [0.5, 0.6) is 0 Å². The van der Waals surface area contributed by atoms with Crippen molar-refractivity contribution < 1.29 is 26.3 Å². The molecule has 1 heterocycles. The van der Waals surface area contributed by atoms with Gasteiger partial charge in [0.2, 0.25) is 0 Å². The van der Waals surface area contributed by atoms with Gasteiger partial charge < -0.3 is 15.4 Å². The van der Waals surface area contributed by atoms with Gasteiger partial charge in [0, 0.05) is 45.4 Å². The number of hydrogen-bond acceptors (Lipinski definition) is 4. The van der Waals surface area contributed by atoms with Gasteiger partial charge in [0.25, 0.3) is 0 Å². The smallest absolute Gasteiger partial charge is 0.381 e. The maximum atomic E-state index is 12.6. The monoisotopic (exact) mass is 544 g/mol. The molecule has 1 aliphatic heterocycles. The molecule has 0 saturated carbocycles. The second kappa shape index (κ2) is 13.8. The molecule has 1 rings (SSSR count). The average Bonchev–Trinajstić information content (AvgIpc) is 2.60. The van der Waals surface area contributed by atoms with Crippen molar-refractivity contribution in [2.75, 3.05) is 39.4 Å². The Kier molecular flexibility index (Phi) is 13.6. The average molecular weight is 544 g/mol. The first-order chi connectivity index (χ1) is 12.7. The zero-order chi connectivity index (χ0) is 20.3. The molecule has 0 spiro atoms. The first-order valence-corrected chi connectivity index (χ1v) is 10.8. The van der Waals surface area contributed by atoms with Crippen LogP contribution in [-0.2, 0) is 14.8 Å². The Bertz CT molecular complexity index is 554. The van der Waals surface area contributed by atoms with Gasteiger partial charge in [-0.05, 0) is 32.6 Å². The van der Waals surface area contributed by atoms with E-state index in [-0.39, 0.29) is 43.1 Å². The molecule has 1 saturated heterocycles. The summed E-state index contributed by atoms with van der Waals surface area (Å²) < 4.78 is 66.7. The lowest BCUT2D eigenvalue weighted by Crippen LogP contribution is -2.51. The lowest BCUT2D eigenvalue weighted by Gasteiger charge is -2.32. The molecule has 0 aromatic rings. The van der Waals surface area contributed by atoms with E-state index in [0.29, 0.717) is 42.8 Å². The van der Waals surface area contributed by atoms with Crippen LogP contribution in [0.1, 0.15) is 46.0 Å². The molecule has 0 aromatic carbocycles. The first-order valence-electron chi connectivity index (χ1n) is 9.41. The molecular formula is C16H32F3IN4O3S. The van der Waals surface area contributed by atoms with E-state index < -0.39 is 15.5 Å². The Labute approximate surface area is 182 Å². The Morgan fingerprint density at radius 1 is 1.18 bits per heavy atom. The summed E-state index contributed by atoms with van der Waals surface area (Å²) in [4.78, 5) is 4.43. The van der Waals surface area contributed by atoms with E-state index in [2.05, 4.69) is 22.5 Å². The summed E-state index contributed by atoms with van der Waals surface area (Å²) in [5.41, 5.74) is -5.25. The van der Waals surface area contributed by atoms with Crippen LogP contribution in [0.3, 0.4) is 0 Å². The molecular weight excluding hydrogens is 512 g/mol. The molecule has 0 aliphatic carbocycles. The fraction of sp³-hybridized carbons (Fsp3) is 0.938. The predicted octanol–water partition coefficient (Wildman–Crippen LogP) is 2.68. The summed E-state index contributed by atoms with van der Waals surface area (Å²) in [5, 5.41) is 6.27. The van der Waals surface area contributed by atoms with E-state index in [1.807, 2.05) is 6.92 Å². The number of unbranched alkanes of at least 4 members (excludes halogenated alkanes) is 1. The highest BCUT2D eigenvalue weighted by Gasteiger charge is 2.50. The molecule has 28 heavy (non-hydrogen) atoms. The fourth-order valence-electron chi connectivity index (χ4n) is 2.61. The van der Waals surface area contributed by atoms with Gasteiger partial charge in [-0.25, -0.2) is 8.42 Å². The van der Waals surface area contributed by atoms with E-state index in [1.165, 1.54) is 0 Å². The third-order valence-electron chi connectivity index (χ3n) is 4.13. The lowest BCUT2D eigenvalue weighted by atomic mass is 10.1. The molecule has 0 bridgehead atoms. The summed E-state index contributed by atoms with van der Waals surface area (Å²) in [6, 6.07) is -0.122. The molecule has 2 N–H and O–H groups in total. The Balaban J connectivity index is 0.00000729. The number of piperidine rings is 1. The van der Waals surface area contributed by atoms with Gasteiger partial charge in [0.15, 0.2) is 5.96 Å². The summed E-state index contributed by atoms with van der Waals surface area (Å²) in [5.74, 6) is 0.586. The van der Waals surface area contributed by atoms with Crippen LogP contribution in [0, 0.1) is 0 Å². The quantitative estimate of drug-likeness (QED) is 0.191. The van der Waals surface area contributed by atoms with Gasteiger partial charge in [0.05, 0.1) is 0 Å². The van der Waals surface area contributed by atoms with Crippen molar-refractivity contribution in [2.45, 2.75) is 57.5 Å². The van der Waals surface area contributed by atoms with Crippen LogP contribution >= 0.6 is 24.0 Å². The molecule has 0 radical (unpaired) electrons. The fourth-order valence-corrected chi connectivity index (χ4v) is 3.59. The van der Waals surface area contributed by atoms with Crippen molar-refractivity contribution >= 4 is 40.0 Å². The molecule has 168 valence electrons. The van der Waals surface area contributed by atoms with Crippen molar-refractivity contribution in [3.63, 3.8) is 0 Å². The van der Waals surface area contributed by atoms with Gasteiger partial charge in [-0.1, -0.05) is 13.3 Å². The topological polar surface area (TPSA) is 83.0 Å². The summed E-state index contributed by atoms with van der Waals surface area (Å²) in [6.07, 6.45) is 3.49. The highest BCUT2D eigenvalue weighted by atomic mass is 127.